The molecule has 0 saturated carbocycles. The van der Waals surface area contributed by atoms with Gasteiger partial charge in [-0.15, -0.1) is 0 Å². The van der Waals surface area contributed by atoms with Crippen molar-refractivity contribution in [2.24, 2.45) is 5.90 Å². The predicted octanol–water partition coefficient (Wildman–Crippen LogP) is 0.854. The molecule has 0 aliphatic carbocycles. The summed E-state index contributed by atoms with van der Waals surface area (Å²) in [5.41, 5.74) is 3.99. The standard InChI is InChI=1S/C8H16N2O2/c1-2-3-4-7-5-8(6-11-9)12-10-7/h5,8,10H,2-4,6,9H2,1H3. The average molecular weight is 172 g/mol. The van der Waals surface area contributed by atoms with Crippen molar-refractivity contribution in [1.29, 1.82) is 0 Å². The van der Waals surface area contributed by atoms with Crippen molar-refractivity contribution in [3.63, 3.8) is 0 Å². The van der Waals surface area contributed by atoms with E-state index in [9.17, 15) is 0 Å². The van der Waals surface area contributed by atoms with Gasteiger partial charge in [-0.25, -0.2) is 5.90 Å². The first-order valence-electron chi connectivity index (χ1n) is 4.31. The maximum absolute atomic E-state index is 5.16. The topological polar surface area (TPSA) is 56.5 Å². The van der Waals surface area contributed by atoms with E-state index in [0.717, 1.165) is 12.1 Å². The van der Waals surface area contributed by atoms with Crippen LogP contribution in [-0.4, -0.2) is 12.7 Å². The van der Waals surface area contributed by atoms with Gasteiger partial charge in [0, 0.05) is 5.70 Å². The van der Waals surface area contributed by atoms with Gasteiger partial charge < -0.3 is 4.84 Å². The molecule has 0 spiro atoms. The Hall–Kier alpha value is -0.580. The molecule has 4 nitrogen and oxygen atoms in total. The van der Waals surface area contributed by atoms with Gasteiger partial charge in [-0.1, -0.05) is 13.3 Å². The van der Waals surface area contributed by atoms with Crippen molar-refractivity contribution in [1.82, 2.24) is 5.48 Å². The number of hydroxylamine groups is 1. The normalized spacial score (nSPS) is 22.2. The van der Waals surface area contributed by atoms with Crippen LogP contribution in [0.15, 0.2) is 11.8 Å². The largest absolute Gasteiger partial charge is 0.301 e. The van der Waals surface area contributed by atoms with Gasteiger partial charge in [-0.2, -0.15) is 0 Å². The Morgan fingerprint density at radius 2 is 2.58 bits per heavy atom. The van der Waals surface area contributed by atoms with Crippen molar-refractivity contribution < 1.29 is 9.68 Å². The molecule has 1 atom stereocenters. The second kappa shape index (κ2) is 5.13. The number of nitrogens with one attached hydrogen (secondary N) is 1. The molecular formula is C8H16N2O2. The van der Waals surface area contributed by atoms with Gasteiger partial charge in [0.25, 0.3) is 0 Å². The second-order valence-electron chi connectivity index (χ2n) is 2.89. The van der Waals surface area contributed by atoms with Crippen LogP contribution >= 0.6 is 0 Å². The summed E-state index contributed by atoms with van der Waals surface area (Å²) in [5, 5.41) is 0. The summed E-state index contributed by atoms with van der Waals surface area (Å²) in [6, 6.07) is 0. The van der Waals surface area contributed by atoms with Crippen LogP contribution in [0.1, 0.15) is 26.2 Å². The maximum atomic E-state index is 5.16. The van der Waals surface area contributed by atoms with E-state index in [-0.39, 0.29) is 6.10 Å². The average Bonchev–Trinajstić information content (AvgIpc) is 2.50. The maximum Gasteiger partial charge on any atom is 0.131 e. The summed E-state index contributed by atoms with van der Waals surface area (Å²) in [7, 11) is 0. The van der Waals surface area contributed by atoms with Crippen molar-refractivity contribution >= 4 is 0 Å². The third kappa shape index (κ3) is 2.81. The van der Waals surface area contributed by atoms with Crippen LogP contribution in [0, 0.1) is 0 Å². The zero-order valence-corrected chi connectivity index (χ0v) is 7.38. The number of unbranched alkanes of at least 4 members (excludes halogenated alkanes) is 1. The summed E-state index contributed by atoms with van der Waals surface area (Å²) >= 11 is 0. The van der Waals surface area contributed by atoms with Crippen LogP contribution in [-0.2, 0) is 9.68 Å². The Kier molecular flexibility index (Phi) is 4.07. The third-order valence-corrected chi connectivity index (χ3v) is 1.79. The van der Waals surface area contributed by atoms with Gasteiger partial charge in [0.15, 0.2) is 0 Å². The molecular weight excluding hydrogens is 156 g/mol. The van der Waals surface area contributed by atoms with Gasteiger partial charge in [0.2, 0.25) is 0 Å². The van der Waals surface area contributed by atoms with Gasteiger partial charge in [-0.3, -0.25) is 10.3 Å². The summed E-state index contributed by atoms with van der Waals surface area (Å²) in [5.74, 6) is 4.92. The van der Waals surface area contributed by atoms with Crippen LogP contribution in [0.2, 0.25) is 0 Å². The third-order valence-electron chi connectivity index (χ3n) is 1.79. The van der Waals surface area contributed by atoms with Crippen LogP contribution in [0.25, 0.3) is 0 Å². The minimum absolute atomic E-state index is 0.0261. The molecule has 4 heteroatoms. The highest BCUT2D eigenvalue weighted by atomic mass is 16.7. The predicted molar refractivity (Wildman–Crippen MR) is 45.8 cm³/mol. The Labute approximate surface area is 72.6 Å². The van der Waals surface area contributed by atoms with E-state index in [1.54, 1.807) is 0 Å². The number of allylic oxidation sites excluding steroid dienone is 1. The lowest BCUT2D eigenvalue weighted by Crippen LogP contribution is -2.19. The zero-order chi connectivity index (χ0) is 8.81. The Balaban J connectivity index is 2.22. The van der Waals surface area contributed by atoms with E-state index in [1.807, 2.05) is 6.08 Å². The lowest BCUT2D eigenvalue weighted by molar-refractivity contribution is -0.0161. The molecule has 0 radical (unpaired) electrons. The van der Waals surface area contributed by atoms with Gasteiger partial charge in [0.05, 0.1) is 0 Å². The van der Waals surface area contributed by atoms with E-state index in [1.165, 1.54) is 12.8 Å². The zero-order valence-electron chi connectivity index (χ0n) is 7.38. The molecule has 0 aromatic carbocycles. The summed E-state index contributed by atoms with van der Waals surface area (Å²) in [4.78, 5) is 9.62. The molecule has 0 aromatic rings. The van der Waals surface area contributed by atoms with Gasteiger partial charge >= 0.3 is 0 Å². The van der Waals surface area contributed by atoms with Crippen LogP contribution in [0.5, 0.6) is 0 Å². The number of hydrogen-bond acceptors (Lipinski definition) is 4. The lowest BCUT2D eigenvalue weighted by Gasteiger charge is -2.04. The fraction of sp³-hybridized carbons (Fsp3) is 0.750. The number of rotatable bonds is 5. The van der Waals surface area contributed by atoms with E-state index >= 15 is 0 Å². The molecule has 12 heavy (non-hydrogen) atoms. The van der Waals surface area contributed by atoms with Crippen LogP contribution < -0.4 is 11.4 Å². The summed E-state index contributed by atoms with van der Waals surface area (Å²) in [6.45, 7) is 2.57. The first kappa shape index (κ1) is 9.51. The minimum Gasteiger partial charge on any atom is -0.301 e. The fourth-order valence-corrected chi connectivity index (χ4v) is 1.12. The molecule has 0 saturated heterocycles. The smallest absolute Gasteiger partial charge is 0.131 e. The van der Waals surface area contributed by atoms with Crippen molar-refractivity contribution in [2.75, 3.05) is 6.61 Å². The van der Waals surface area contributed by atoms with Crippen LogP contribution in [0.4, 0.5) is 0 Å². The highest BCUT2D eigenvalue weighted by Gasteiger charge is 2.15. The highest BCUT2D eigenvalue weighted by Crippen LogP contribution is 2.12. The van der Waals surface area contributed by atoms with Gasteiger partial charge in [-0.05, 0) is 18.9 Å². The quantitative estimate of drug-likeness (QED) is 0.604. The van der Waals surface area contributed by atoms with E-state index in [2.05, 4.69) is 17.2 Å². The molecule has 1 unspecified atom stereocenters. The van der Waals surface area contributed by atoms with Crippen molar-refractivity contribution in [3.8, 4) is 0 Å². The Morgan fingerprint density at radius 3 is 3.25 bits per heavy atom. The van der Waals surface area contributed by atoms with Crippen LogP contribution in [0.3, 0.4) is 0 Å². The first-order valence-corrected chi connectivity index (χ1v) is 4.31. The fourth-order valence-electron chi connectivity index (χ4n) is 1.12. The molecule has 0 aromatic heterocycles. The molecule has 3 N–H and O–H groups in total. The molecule has 1 rings (SSSR count). The van der Waals surface area contributed by atoms with E-state index < -0.39 is 0 Å². The molecule has 70 valence electrons. The summed E-state index contributed by atoms with van der Waals surface area (Å²) in [6.07, 6.45) is 5.40. The minimum atomic E-state index is -0.0261. The van der Waals surface area contributed by atoms with E-state index in [4.69, 9.17) is 10.7 Å². The highest BCUT2D eigenvalue weighted by molar-refractivity contribution is 5.05. The molecule has 1 aliphatic heterocycles. The Bertz CT molecular complexity index is 159. The van der Waals surface area contributed by atoms with Crippen molar-refractivity contribution in [2.45, 2.75) is 32.3 Å². The number of nitrogens with two attached hydrogens (primary N) is 1. The molecule has 1 aliphatic rings. The number of hydrogen-bond donors (Lipinski definition) is 2. The molecule has 1 heterocycles. The summed E-state index contributed by atoms with van der Waals surface area (Å²) < 4.78 is 0. The van der Waals surface area contributed by atoms with Crippen molar-refractivity contribution in [3.05, 3.63) is 11.8 Å². The Morgan fingerprint density at radius 1 is 1.75 bits per heavy atom. The lowest BCUT2D eigenvalue weighted by atomic mass is 10.2. The molecule has 0 fully saturated rings. The first-order chi connectivity index (χ1) is 5.86. The molecule has 0 amide bonds. The monoisotopic (exact) mass is 172 g/mol. The van der Waals surface area contributed by atoms with Gasteiger partial charge in [0.1, 0.15) is 12.7 Å². The van der Waals surface area contributed by atoms with E-state index in [0.29, 0.717) is 6.61 Å². The second-order valence-corrected chi connectivity index (χ2v) is 2.89. The molecule has 0 bridgehead atoms. The SMILES string of the molecule is CCCCC1=CC(CON)ON1.